The highest BCUT2D eigenvalue weighted by Crippen LogP contribution is 2.30. The fourth-order valence-corrected chi connectivity index (χ4v) is 3.94. The number of hydrogen-bond donors (Lipinski definition) is 2. The molecule has 0 spiro atoms. The smallest absolute Gasteiger partial charge is 0.255 e. The van der Waals surface area contributed by atoms with Crippen molar-refractivity contribution in [1.82, 2.24) is 9.80 Å². The highest BCUT2D eigenvalue weighted by Gasteiger charge is 2.29. The minimum Gasteiger partial charge on any atom is -0.397 e. The molecule has 29 heavy (non-hydrogen) atoms. The van der Waals surface area contributed by atoms with Crippen molar-refractivity contribution in [2.45, 2.75) is 32.4 Å². The van der Waals surface area contributed by atoms with E-state index in [1.54, 1.807) is 6.07 Å². The summed E-state index contributed by atoms with van der Waals surface area (Å²) in [5, 5.41) is 2.88. The normalized spacial score (nSPS) is 20.1. The van der Waals surface area contributed by atoms with E-state index < -0.39 is 0 Å². The molecule has 1 aliphatic carbocycles. The molecule has 3 N–H and O–H groups in total. The van der Waals surface area contributed by atoms with Gasteiger partial charge in [0.25, 0.3) is 5.91 Å². The van der Waals surface area contributed by atoms with Crippen LogP contribution in [0.25, 0.3) is 0 Å². The third kappa shape index (κ3) is 5.75. The lowest BCUT2D eigenvalue weighted by Crippen LogP contribution is -2.51. The van der Waals surface area contributed by atoms with Gasteiger partial charge in [0, 0.05) is 44.3 Å². The first-order valence-electron chi connectivity index (χ1n) is 10.3. The number of hydrogen-bond acceptors (Lipinski definition) is 4. The second-order valence-electron chi connectivity index (χ2n) is 8.26. The maximum atomic E-state index is 12.5. The van der Waals surface area contributed by atoms with E-state index in [0.717, 1.165) is 25.6 Å². The molecule has 5 nitrogen and oxygen atoms in total. The van der Waals surface area contributed by atoms with Crippen LogP contribution >= 0.6 is 13.5 Å². The van der Waals surface area contributed by atoms with E-state index in [9.17, 15) is 4.79 Å². The molecular formula is C23H32N4OS. The predicted molar refractivity (Wildman–Crippen MR) is 125 cm³/mol. The number of nitrogens with two attached hydrogens (primary N) is 1. The molecule has 6 heteroatoms. The zero-order chi connectivity index (χ0) is 19.5. The number of amides is 1. The first-order chi connectivity index (χ1) is 13.6. The van der Waals surface area contributed by atoms with Gasteiger partial charge in [-0.15, -0.1) is 0 Å². The van der Waals surface area contributed by atoms with Crippen molar-refractivity contribution in [3.8, 4) is 0 Å². The summed E-state index contributed by atoms with van der Waals surface area (Å²) in [5.41, 5.74) is 9.02. The van der Waals surface area contributed by atoms with Crippen molar-refractivity contribution in [2.24, 2.45) is 5.92 Å². The number of carbonyl (C=O) groups is 1. The van der Waals surface area contributed by atoms with E-state index in [1.165, 1.54) is 31.5 Å². The molecular weight excluding hydrogens is 380 g/mol. The molecule has 2 aliphatic rings. The third-order valence-electron chi connectivity index (χ3n) is 5.87. The lowest BCUT2D eigenvalue weighted by Gasteiger charge is -2.40. The number of anilines is 2. The lowest BCUT2D eigenvalue weighted by molar-refractivity contribution is 0.0749. The van der Waals surface area contributed by atoms with Gasteiger partial charge in [0.2, 0.25) is 0 Å². The van der Waals surface area contributed by atoms with Crippen LogP contribution < -0.4 is 11.1 Å². The van der Waals surface area contributed by atoms with Crippen LogP contribution in [0.2, 0.25) is 0 Å². The van der Waals surface area contributed by atoms with E-state index >= 15 is 0 Å². The van der Waals surface area contributed by atoms with Gasteiger partial charge >= 0.3 is 0 Å². The van der Waals surface area contributed by atoms with E-state index in [1.807, 2.05) is 30.3 Å². The summed E-state index contributed by atoms with van der Waals surface area (Å²) in [6.45, 7) is 7.99. The number of piperazine rings is 1. The highest BCUT2D eigenvalue weighted by molar-refractivity contribution is 7.59. The largest absolute Gasteiger partial charge is 0.397 e. The summed E-state index contributed by atoms with van der Waals surface area (Å²) in [7, 11) is 0. The van der Waals surface area contributed by atoms with Crippen molar-refractivity contribution < 1.29 is 4.79 Å². The summed E-state index contributed by atoms with van der Waals surface area (Å²) >= 11 is 0. The number of carbonyl (C=O) groups excluding carboxylic acids is 1. The molecule has 1 aliphatic heterocycles. The molecule has 4 rings (SSSR count). The number of nitrogens with zero attached hydrogens (tertiary/aromatic N) is 2. The van der Waals surface area contributed by atoms with Crippen molar-refractivity contribution in [3.05, 3.63) is 59.7 Å². The summed E-state index contributed by atoms with van der Waals surface area (Å²) in [5.74, 6) is 0.829. The predicted octanol–water partition coefficient (Wildman–Crippen LogP) is 3.55. The van der Waals surface area contributed by atoms with Gasteiger partial charge in [-0.05, 0) is 55.5 Å². The zero-order valence-corrected chi connectivity index (χ0v) is 18.1. The Hall–Kier alpha value is -2.02. The second kappa shape index (κ2) is 9.65. The Bertz CT molecular complexity index is 822. The van der Waals surface area contributed by atoms with Crippen LogP contribution in [-0.4, -0.2) is 47.9 Å². The van der Waals surface area contributed by atoms with Gasteiger partial charge in [-0.25, -0.2) is 0 Å². The Morgan fingerprint density at radius 3 is 2.48 bits per heavy atom. The molecule has 156 valence electrons. The van der Waals surface area contributed by atoms with Gasteiger partial charge in [-0.1, -0.05) is 24.3 Å². The average Bonchev–Trinajstić information content (AvgIpc) is 3.50. The topological polar surface area (TPSA) is 61.6 Å². The number of benzene rings is 2. The second-order valence-corrected chi connectivity index (χ2v) is 8.26. The molecule has 2 aromatic rings. The number of para-hydroxylation sites is 2. The Balaban J connectivity index is 0.00000240. The van der Waals surface area contributed by atoms with Gasteiger partial charge in [-0.3, -0.25) is 9.69 Å². The molecule has 1 saturated heterocycles. The molecule has 0 bridgehead atoms. The molecule has 1 saturated carbocycles. The molecule has 0 unspecified atom stereocenters. The molecule has 0 aromatic heterocycles. The SMILES string of the molecule is C[C@H]1CN(CC2CC2)CCN1Cc1ccc(C(=O)Nc2ccccc2N)cc1.S. The number of rotatable bonds is 6. The first kappa shape index (κ1) is 21.7. The molecule has 1 heterocycles. The Kier molecular flexibility index (Phi) is 7.22. The van der Waals surface area contributed by atoms with Gasteiger partial charge in [0.1, 0.15) is 0 Å². The van der Waals surface area contributed by atoms with Gasteiger partial charge in [0.15, 0.2) is 0 Å². The monoisotopic (exact) mass is 412 g/mol. The van der Waals surface area contributed by atoms with Crippen LogP contribution in [0.5, 0.6) is 0 Å². The summed E-state index contributed by atoms with van der Waals surface area (Å²) in [6, 6.07) is 15.8. The molecule has 1 atom stereocenters. The van der Waals surface area contributed by atoms with Gasteiger partial charge < -0.3 is 16.0 Å². The van der Waals surface area contributed by atoms with E-state index in [2.05, 4.69) is 34.2 Å². The van der Waals surface area contributed by atoms with Crippen LogP contribution in [0.3, 0.4) is 0 Å². The fraction of sp³-hybridized carbons (Fsp3) is 0.435. The van der Waals surface area contributed by atoms with E-state index in [0.29, 0.717) is 23.0 Å². The third-order valence-corrected chi connectivity index (χ3v) is 5.87. The van der Waals surface area contributed by atoms with Crippen LogP contribution in [0.1, 0.15) is 35.7 Å². The lowest BCUT2D eigenvalue weighted by atomic mass is 10.1. The van der Waals surface area contributed by atoms with Crippen LogP contribution in [0, 0.1) is 5.92 Å². The quantitative estimate of drug-likeness (QED) is 0.713. The zero-order valence-electron chi connectivity index (χ0n) is 17.1. The number of nitrogen functional groups attached to an aromatic ring is 1. The minimum atomic E-state index is -0.133. The van der Waals surface area contributed by atoms with E-state index in [4.69, 9.17) is 5.73 Å². The maximum Gasteiger partial charge on any atom is 0.255 e. The summed E-state index contributed by atoms with van der Waals surface area (Å²) in [4.78, 5) is 17.6. The Morgan fingerprint density at radius 1 is 1.10 bits per heavy atom. The molecule has 2 fully saturated rings. The molecule has 1 amide bonds. The van der Waals surface area contributed by atoms with Crippen LogP contribution in [0.15, 0.2) is 48.5 Å². The first-order valence-corrected chi connectivity index (χ1v) is 10.3. The number of nitrogens with one attached hydrogen (secondary N) is 1. The summed E-state index contributed by atoms with van der Waals surface area (Å²) in [6.07, 6.45) is 2.84. The molecule has 2 aromatic carbocycles. The minimum absolute atomic E-state index is 0. The standard InChI is InChI=1S/C23H30N4O.H2S/c1-17-14-26(15-18-6-7-18)12-13-27(17)16-19-8-10-20(11-9-19)23(28)25-22-5-3-2-4-21(22)24;/h2-5,8-11,17-18H,6-7,12-16,24H2,1H3,(H,25,28);1H2/t17-;/m0./s1. The average molecular weight is 413 g/mol. The van der Waals surface area contributed by atoms with Crippen molar-refractivity contribution in [2.75, 3.05) is 37.2 Å². The van der Waals surface area contributed by atoms with Gasteiger partial charge in [0.05, 0.1) is 11.4 Å². The van der Waals surface area contributed by atoms with Crippen molar-refractivity contribution in [1.29, 1.82) is 0 Å². The van der Waals surface area contributed by atoms with Crippen LogP contribution in [0.4, 0.5) is 11.4 Å². The van der Waals surface area contributed by atoms with Gasteiger partial charge in [-0.2, -0.15) is 13.5 Å². The van der Waals surface area contributed by atoms with Crippen molar-refractivity contribution >= 4 is 30.8 Å². The maximum absolute atomic E-state index is 12.5. The fourth-order valence-electron chi connectivity index (χ4n) is 3.94. The van der Waals surface area contributed by atoms with E-state index in [-0.39, 0.29) is 19.4 Å². The highest BCUT2D eigenvalue weighted by atomic mass is 32.1. The summed E-state index contributed by atoms with van der Waals surface area (Å²) < 4.78 is 0. The van der Waals surface area contributed by atoms with Crippen molar-refractivity contribution in [3.63, 3.8) is 0 Å². The molecule has 0 radical (unpaired) electrons. The van der Waals surface area contributed by atoms with Crippen LogP contribution in [-0.2, 0) is 6.54 Å². The Labute approximate surface area is 180 Å². The Morgan fingerprint density at radius 2 is 1.83 bits per heavy atom.